The summed E-state index contributed by atoms with van der Waals surface area (Å²) in [6.45, 7) is 2.19. The van der Waals surface area contributed by atoms with Crippen molar-refractivity contribution >= 4 is 29.0 Å². The molecule has 1 heterocycles. The van der Waals surface area contributed by atoms with E-state index in [1.807, 2.05) is 0 Å². The molecule has 0 bridgehead atoms. The molecule has 0 unspecified atom stereocenters. The van der Waals surface area contributed by atoms with Crippen LogP contribution >= 0.6 is 23.2 Å². The first-order valence-electron chi connectivity index (χ1n) is 5.97. The number of aromatic nitrogens is 2. The molecule has 112 valence electrons. The minimum atomic E-state index is -4.64. The average molecular weight is 336 g/mol. The zero-order valence-corrected chi connectivity index (χ0v) is 12.3. The zero-order chi connectivity index (χ0) is 15.6. The van der Waals surface area contributed by atoms with Crippen LogP contribution in [0.25, 0.3) is 11.3 Å². The first-order valence-corrected chi connectivity index (χ1v) is 6.72. The highest BCUT2D eigenvalue weighted by Crippen LogP contribution is 2.33. The smallest absolute Gasteiger partial charge is 0.370 e. The van der Waals surface area contributed by atoms with Crippen LogP contribution < -0.4 is 5.32 Å². The van der Waals surface area contributed by atoms with Crippen molar-refractivity contribution in [3.8, 4) is 11.3 Å². The standard InChI is InChI=1S/C13H10Cl2F3N3/c1-2-19-11-6-10(20-12(21-11)13(16,17)18)8-4-3-7(14)5-9(8)15/h3-6H,2H2,1H3,(H,19,20,21). The SMILES string of the molecule is CCNc1cc(-c2ccc(Cl)cc2Cl)nc(C(F)(F)F)n1. The van der Waals surface area contributed by atoms with E-state index in [1.54, 1.807) is 6.92 Å². The van der Waals surface area contributed by atoms with Gasteiger partial charge in [-0.15, -0.1) is 0 Å². The third-order valence-electron chi connectivity index (χ3n) is 2.54. The Morgan fingerprint density at radius 2 is 1.86 bits per heavy atom. The predicted molar refractivity (Wildman–Crippen MR) is 76.7 cm³/mol. The molecule has 0 aliphatic carbocycles. The van der Waals surface area contributed by atoms with Crippen LogP contribution in [0.2, 0.25) is 10.0 Å². The lowest BCUT2D eigenvalue weighted by Crippen LogP contribution is -2.13. The van der Waals surface area contributed by atoms with E-state index < -0.39 is 12.0 Å². The summed E-state index contributed by atoms with van der Waals surface area (Å²) in [7, 11) is 0. The summed E-state index contributed by atoms with van der Waals surface area (Å²) in [5.74, 6) is -1.14. The van der Waals surface area contributed by atoms with E-state index in [0.717, 1.165) is 0 Å². The number of benzene rings is 1. The molecular formula is C13H10Cl2F3N3. The highest BCUT2D eigenvalue weighted by molar-refractivity contribution is 6.36. The van der Waals surface area contributed by atoms with Gasteiger partial charge in [0.1, 0.15) is 5.82 Å². The fourth-order valence-electron chi connectivity index (χ4n) is 1.68. The van der Waals surface area contributed by atoms with Gasteiger partial charge in [0.15, 0.2) is 0 Å². The fraction of sp³-hybridized carbons (Fsp3) is 0.231. The van der Waals surface area contributed by atoms with E-state index in [4.69, 9.17) is 23.2 Å². The third-order valence-corrected chi connectivity index (χ3v) is 3.09. The molecule has 2 rings (SSSR count). The van der Waals surface area contributed by atoms with Gasteiger partial charge in [-0.2, -0.15) is 13.2 Å². The molecule has 2 aromatic rings. The van der Waals surface area contributed by atoms with Crippen molar-refractivity contribution in [3.05, 3.63) is 40.1 Å². The summed E-state index contributed by atoms with van der Waals surface area (Å²) in [4.78, 5) is 6.99. The van der Waals surface area contributed by atoms with E-state index >= 15 is 0 Å². The molecule has 0 saturated carbocycles. The maximum atomic E-state index is 12.9. The number of rotatable bonds is 3. The van der Waals surface area contributed by atoms with Gasteiger partial charge in [-0.1, -0.05) is 23.2 Å². The van der Waals surface area contributed by atoms with Crippen LogP contribution in [0.15, 0.2) is 24.3 Å². The Morgan fingerprint density at radius 1 is 1.14 bits per heavy atom. The second-order valence-corrected chi connectivity index (χ2v) is 4.96. The first kappa shape index (κ1) is 15.9. The molecule has 0 amide bonds. The number of nitrogens with zero attached hydrogens (tertiary/aromatic N) is 2. The van der Waals surface area contributed by atoms with Gasteiger partial charge in [-0.25, -0.2) is 9.97 Å². The Hall–Kier alpha value is -1.53. The van der Waals surface area contributed by atoms with Crippen LogP contribution in [0, 0.1) is 0 Å². The van der Waals surface area contributed by atoms with Crippen molar-refractivity contribution in [3.63, 3.8) is 0 Å². The average Bonchev–Trinajstić information content (AvgIpc) is 2.37. The Kier molecular flexibility index (Phi) is 4.58. The van der Waals surface area contributed by atoms with E-state index in [9.17, 15) is 13.2 Å². The van der Waals surface area contributed by atoms with Crippen LogP contribution in [0.1, 0.15) is 12.7 Å². The molecule has 21 heavy (non-hydrogen) atoms. The normalized spacial score (nSPS) is 11.5. The minimum absolute atomic E-state index is 0.0786. The number of hydrogen-bond acceptors (Lipinski definition) is 3. The van der Waals surface area contributed by atoms with E-state index in [2.05, 4.69) is 15.3 Å². The molecule has 1 aromatic heterocycles. The number of halogens is 5. The van der Waals surface area contributed by atoms with Crippen LogP contribution in [0.3, 0.4) is 0 Å². The van der Waals surface area contributed by atoms with Gasteiger partial charge < -0.3 is 5.32 Å². The molecule has 8 heteroatoms. The summed E-state index contributed by atoms with van der Waals surface area (Å²) < 4.78 is 38.6. The van der Waals surface area contributed by atoms with Crippen molar-refractivity contribution < 1.29 is 13.2 Å². The zero-order valence-electron chi connectivity index (χ0n) is 10.8. The maximum Gasteiger partial charge on any atom is 0.451 e. The first-order chi connectivity index (χ1) is 9.81. The van der Waals surface area contributed by atoms with Gasteiger partial charge in [-0.05, 0) is 25.1 Å². The van der Waals surface area contributed by atoms with Gasteiger partial charge in [0.2, 0.25) is 5.82 Å². The number of alkyl halides is 3. The molecule has 0 fully saturated rings. The lowest BCUT2D eigenvalue weighted by Gasteiger charge is -2.12. The molecule has 1 N–H and O–H groups in total. The Balaban J connectivity index is 2.59. The van der Waals surface area contributed by atoms with E-state index in [-0.39, 0.29) is 16.5 Å². The van der Waals surface area contributed by atoms with E-state index in [0.29, 0.717) is 17.1 Å². The van der Waals surface area contributed by atoms with Gasteiger partial charge in [0, 0.05) is 23.2 Å². The molecule has 0 aliphatic heterocycles. The Bertz CT molecular complexity index is 660. The third kappa shape index (κ3) is 3.77. The predicted octanol–water partition coefficient (Wildman–Crippen LogP) is 4.90. The van der Waals surface area contributed by atoms with Crippen LogP contribution in [-0.4, -0.2) is 16.5 Å². The minimum Gasteiger partial charge on any atom is -0.370 e. The van der Waals surface area contributed by atoms with Crippen molar-refractivity contribution in [1.82, 2.24) is 9.97 Å². The fourth-order valence-corrected chi connectivity index (χ4v) is 2.19. The molecular weight excluding hydrogens is 326 g/mol. The van der Waals surface area contributed by atoms with Crippen molar-refractivity contribution in [2.24, 2.45) is 0 Å². The lowest BCUT2D eigenvalue weighted by atomic mass is 10.1. The second kappa shape index (κ2) is 6.07. The quantitative estimate of drug-likeness (QED) is 0.866. The number of anilines is 1. The summed E-state index contributed by atoms with van der Waals surface area (Å²) in [6, 6.07) is 5.91. The van der Waals surface area contributed by atoms with Crippen molar-refractivity contribution in [2.75, 3.05) is 11.9 Å². The highest BCUT2D eigenvalue weighted by Gasteiger charge is 2.35. The molecule has 0 saturated heterocycles. The highest BCUT2D eigenvalue weighted by atomic mass is 35.5. The van der Waals surface area contributed by atoms with Crippen molar-refractivity contribution in [2.45, 2.75) is 13.1 Å². The largest absolute Gasteiger partial charge is 0.451 e. The molecule has 0 aliphatic rings. The summed E-state index contributed by atoms with van der Waals surface area (Å²) >= 11 is 11.8. The Labute approximate surface area is 129 Å². The van der Waals surface area contributed by atoms with Gasteiger partial charge in [0.25, 0.3) is 0 Å². The van der Waals surface area contributed by atoms with Crippen LogP contribution in [-0.2, 0) is 6.18 Å². The maximum absolute atomic E-state index is 12.9. The monoisotopic (exact) mass is 335 g/mol. The van der Waals surface area contributed by atoms with Gasteiger partial charge in [-0.3, -0.25) is 0 Å². The lowest BCUT2D eigenvalue weighted by molar-refractivity contribution is -0.144. The summed E-state index contributed by atoms with van der Waals surface area (Å²) in [5, 5.41) is 3.35. The Morgan fingerprint density at radius 3 is 2.43 bits per heavy atom. The molecule has 3 nitrogen and oxygen atoms in total. The van der Waals surface area contributed by atoms with Crippen LogP contribution in [0.4, 0.5) is 19.0 Å². The molecule has 0 radical (unpaired) electrons. The number of hydrogen-bond donors (Lipinski definition) is 1. The van der Waals surface area contributed by atoms with Gasteiger partial charge in [0.05, 0.1) is 10.7 Å². The molecule has 0 atom stereocenters. The summed E-state index contributed by atoms with van der Waals surface area (Å²) in [5.41, 5.74) is 0.433. The van der Waals surface area contributed by atoms with Crippen molar-refractivity contribution in [1.29, 1.82) is 0 Å². The topological polar surface area (TPSA) is 37.8 Å². The molecule has 0 spiro atoms. The number of nitrogens with one attached hydrogen (secondary N) is 1. The van der Waals surface area contributed by atoms with Crippen LogP contribution in [0.5, 0.6) is 0 Å². The molecule has 1 aromatic carbocycles. The van der Waals surface area contributed by atoms with E-state index in [1.165, 1.54) is 24.3 Å². The van der Waals surface area contributed by atoms with Gasteiger partial charge >= 0.3 is 6.18 Å². The summed E-state index contributed by atoms with van der Waals surface area (Å²) in [6.07, 6.45) is -4.64. The second-order valence-electron chi connectivity index (χ2n) is 4.11.